The number of morpholine rings is 1. The number of anilines is 1. The zero-order valence-corrected chi connectivity index (χ0v) is 33.5. The van der Waals surface area contributed by atoms with Crippen LogP contribution in [0.5, 0.6) is 17.2 Å². The average molecular weight is 756 g/mol. The summed E-state index contributed by atoms with van der Waals surface area (Å²) in [6.07, 6.45) is 17.7. The van der Waals surface area contributed by atoms with E-state index in [9.17, 15) is 0 Å². The Hall–Kier alpha value is -4.04. The first-order valence-electron chi connectivity index (χ1n) is 19.4. The van der Waals surface area contributed by atoms with Gasteiger partial charge in [-0.2, -0.15) is 0 Å². The molecule has 9 rings (SSSR count). The Balaban J connectivity index is 1.32. The second-order valence-corrected chi connectivity index (χ2v) is 16.8. The third-order valence-corrected chi connectivity index (χ3v) is 13.9. The fourth-order valence-electron chi connectivity index (χ4n) is 9.73. The van der Waals surface area contributed by atoms with Gasteiger partial charge >= 0.3 is 0 Å². The molecular weight excluding hydrogens is 707 g/mol. The molecule has 2 fully saturated rings. The number of benzene rings is 5. The molecule has 1 saturated carbocycles. The highest BCUT2D eigenvalue weighted by Gasteiger charge is 2.48. The van der Waals surface area contributed by atoms with E-state index in [0.29, 0.717) is 0 Å². The lowest BCUT2D eigenvalue weighted by atomic mass is 9.67. The number of methoxy groups -OCH3 is 2. The van der Waals surface area contributed by atoms with E-state index in [2.05, 4.69) is 96.3 Å². The molecule has 0 amide bonds. The van der Waals surface area contributed by atoms with Crippen LogP contribution in [0.3, 0.4) is 0 Å². The lowest BCUT2D eigenvalue weighted by Gasteiger charge is -2.40. The normalized spacial score (nSPS) is 20.1. The summed E-state index contributed by atoms with van der Waals surface area (Å²) < 4.78 is 25.1. The van der Waals surface area contributed by atoms with E-state index in [1.165, 1.54) is 75.9 Å². The van der Waals surface area contributed by atoms with Gasteiger partial charge < -0.3 is 23.8 Å². The molecule has 0 N–H and O–H groups in total. The van der Waals surface area contributed by atoms with Gasteiger partial charge in [0.25, 0.3) is 0 Å². The first-order valence-corrected chi connectivity index (χ1v) is 21.9. The predicted octanol–water partition coefficient (Wildman–Crippen LogP) is 11.5. The second-order valence-electron chi connectivity index (χ2n) is 15.1. The van der Waals surface area contributed by atoms with Crippen molar-refractivity contribution in [2.24, 2.45) is 0 Å². The minimum atomic E-state index is -0.874. The van der Waals surface area contributed by atoms with Crippen molar-refractivity contribution in [3.63, 3.8) is 0 Å². The molecule has 5 aromatic carbocycles. The Morgan fingerprint density at radius 1 is 0.722 bits per heavy atom. The SMILES string of the molecule is COc1ccc(C2(c3ccc(N4CCOCC4)cc3)C=Cc3c4c(c5cc(SC)c(OC)cc5c3O2)-c2ccc(SC)cc2C42CCCCCCC2)cc1. The van der Waals surface area contributed by atoms with Crippen molar-refractivity contribution >= 4 is 46.1 Å². The lowest BCUT2D eigenvalue weighted by molar-refractivity contribution is 0.122. The van der Waals surface area contributed by atoms with Crippen molar-refractivity contribution in [3.8, 4) is 28.4 Å². The number of nitrogens with zero attached hydrogens (tertiary/aromatic N) is 1. The molecule has 5 aromatic rings. The molecule has 1 atom stereocenters. The molecule has 278 valence electrons. The summed E-state index contributed by atoms with van der Waals surface area (Å²) >= 11 is 3.59. The smallest absolute Gasteiger partial charge is 0.178 e. The highest BCUT2D eigenvalue weighted by atomic mass is 32.2. The van der Waals surface area contributed by atoms with Crippen molar-refractivity contribution in [3.05, 3.63) is 113 Å². The zero-order valence-electron chi connectivity index (χ0n) is 31.8. The Kier molecular flexibility index (Phi) is 9.61. The van der Waals surface area contributed by atoms with Crippen molar-refractivity contribution in [2.75, 3.05) is 57.9 Å². The molecule has 4 aliphatic rings. The molecule has 7 heteroatoms. The van der Waals surface area contributed by atoms with E-state index in [1.807, 2.05) is 23.9 Å². The number of ether oxygens (including phenoxy) is 4. The van der Waals surface area contributed by atoms with Gasteiger partial charge in [0, 0.05) is 56.1 Å². The van der Waals surface area contributed by atoms with Gasteiger partial charge in [0.1, 0.15) is 17.2 Å². The fourth-order valence-corrected chi connectivity index (χ4v) is 10.7. The minimum Gasteiger partial charge on any atom is -0.497 e. The van der Waals surface area contributed by atoms with Crippen LogP contribution >= 0.6 is 23.5 Å². The van der Waals surface area contributed by atoms with E-state index in [-0.39, 0.29) is 5.41 Å². The molecule has 0 radical (unpaired) electrons. The summed E-state index contributed by atoms with van der Waals surface area (Å²) in [4.78, 5) is 4.87. The Labute approximate surface area is 328 Å². The first-order chi connectivity index (χ1) is 26.5. The summed E-state index contributed by atoms with van der Waals surface area (Å²) in [7, 11) is 3.50. The van der Waals surface area contributed by atoms with Gasteiger partial charge in [0.15, 0.2) is 5.60 Å². The molecular formula is C47H49NO4S2. The van der Waals surface area contributed by atoms with Crippen molar-refractivity contribution in [1.82, 2.24) is 0 Å². The van der Waals surface area contributed by atoms with Crippen molar-refractivity contribution in [1.29, 1.82) is 0 Å². The molecule has 2 aliphatic heterocycles. The first kappa shape index (κ1) is 35.6. The maximum Gasteiger partial charge on any atom is 0.178 e. The summed E-state index contributed by atoms with van der Waals surface area (Å²) in [6, 6.07) is 29.3. The van der Waals surface area contributed by atoms with E-state index in [0.717, 1.165) is 77.8 Å². The molecule has 0 bridgehead atoms. The van der Waals surface area contributed by atoms with Crippen LogP contribution in [0.25, 0.3) is 28.0 Å². The Bertz CT molecular complexity index is 2220. The summed E-state index contributed by atoms with van der Waals surface area (Å²) in [6.45, 7) is 3.30. The topological polar surface area (TPSA) is 40.2 Å². The van der Waals surface area contributed by atoms with Crippen LogP contribution in [-0.2, 0) is 15.8 Å². The monoisotopic (exact) mass is 755 g/mol. The van der Waals surface area contributed by atoms with Gasteiger partial charge in [-0.25, -0.2) is 0 Å². The number of hydrogen-bond acceptors (Lipinski definition) is 7. The molecule has 1 saturated heterocycles. The number of thioether (sulfide) groups is 2. The van der Waals surface area contributed by atoms with Gasteiger partial charge in [-0.1, -0.05) is 68.5 Å². The largest absolute Gasteiger partial charge is 0.497 e. The highest BCUT2D eigenvalue weighted by Crippen LogP contribution is 2.62. The van der Waals surface area contributed by atoms with Crippen LogP contribution in [0.2, 0.25) is 0 Å². The van der Waals surface area contributed by atoms with E-state index in [4.69, 9.17) is 18.9 Å². The zero-order chi connectivity index (χ0) is 36.9. The van der Waals surface area contributed by atoms with Gasteiger partial charge in [0.2, 0.25) is 0 Å². The quantitative estimate of drug-likeness (QED) is 0.153. The van der Waals surface area contributed by atoms with Crippen LogP contribution in [0, 0.1) is 0 Å². The number of fused-ring (bicyclic) bond motifs is 10. The molecule has 2 aliphatic carbocycles. The van der Waals surface area contributed by atoms with E-state index >= 15 is 0 Å². The maximum absolute atomic E-state index is 7.77. The molecule has 54 heavy (non-hydrogen) atoms. The lowest BCUT2D eigenvalue weighted by Crippen LogP contribution is -2.37. The average Bonchev–Trinajstić information content (AvgIpc) is 3.51. The molecule has 5 nitrogen and oxygen atoms in total. The molecule has 2 heterocycles. The van der Waals surface area contributed by atoms with Gasteiger partial charge in [-0.3, -0.25) is 0 Å². The Morgan fingerprint density at radius 3 is 2.09 bits per heavy atom. The molecule has 1 spiro atoms. The standard InChI is InChI=1S/C47H49NO4S2/c1-49-34-16-12-32(13-17-34)47(31-10-14-33(15-11-31)48-24-26-51-27-25-48)23-20-37-44-43(38-30-42(54-4)41(50-2)29-39(38)45(37)52-47)36-19-18-35(53-3)28-40(36)46(44)21-8-6-5-7-9-22-46/h10-20,23,28-30H,5-9,21-22,24-27H2,1-4H3. The predicted molar refractivity (Wildman–Crippen MR) is 226 cm³/mol. The third-order valence-electron chi connectivity index (χ3n) is 12.4. The highest BCUT2D eigenvalue weighted by molar-refractivity contribution is 7.98. The van der Waals surface area contributed by atoms with Crippen LogP contribution in [-0.4, -0.2) is 53.0 Å². The van der Waals surface area contributed by atoms with Gasteiger partial charge in [0.05, 0.1) is 27.4 Å². The summed E-state index contributed by atoms with van der Waals surface area (Å²) in [5.41, 5.74) is 9.33. The number of rotatable bonds is 7. The van der Waals surface area contributed by atoms with Gasteiger partial charge in [-0.05, 0) is 108 Å². The number of hydrogen-bond donors (Lipinski definition) is 0. The third kappa shape index (κ3) is 5.72. The molecule has 1 unspecified atom stereocenters. The second kappa shape index (κ2) is 14.6. The van der Waals surface area contributed by atoms with Crippen LogP contribution in [0.4, 0.5) is 5.69 Å². The van der Waals surface area contributed by atoms with Crippen molar-refractivity contribution < 1.29 is 18.9 Å². The van der Waals surface area contributed by atoms with Crippen LogP contribution in [0.15, 0.2) is 94.7 Å². The summed E-state index contributed by atoms with van der Waals surface area (Å²) in [5.74, 6) is 2.63. The van der Waals surface area contributed by atoms with E-state index in [1.54, 1.807) is 26.0 Å². The van der Waals surface area contributed by atoms with Crippen molar-refractivity contribution in [2.45, 2.75) is 65.8 Å². The fraction of sp³-hybridized carbons (Fsp3) is 0.362. The van der Waals surface area contributed by atoms with Gasteiger partial charge in [-0.15, -0.1) is 23.5 Å². The summed E-state index contributed by atoms with van der Waals surface area (Å²) in [5, 5.41) is 2.33. The Morgan fingerprint density at radius 2 is 1.43 bits per heavy atom. The maximum atomic E-state index is 7.77. The minimum absolute atomic E-state index is 0.0812. The molecule has 0 aromatic heterocycles. The van der Waals surface area contributed by atoms with E-state index < -0.39 is 5.60 Å². The van der Waals surface area contributed by atoms with Crippen LogP contribution in [0.1, 0.15) is 72.8 Å². The van der Waals surface area contributed by atoms with Crippen LogP contribution < -0.4 is 19.1 Å².